The van der Waals surface area contributed by atoms with Crippen molar-refractivity contribution in [3.05, 3.63) is 44.1 Å². The highest BCUT2D eigenvalue weighted by atomic mass is 35.5. The summed E-state index contributed by atoms with van der Waals surface area (Å²) in [4.78, 5) is 25.6. The predicted molar refractivity (Wildman–Crippen MR) is 92.0 cm³/mol. The van der Waals surface area contributed by atoms with Crippen molar-refractivity contribution < 1.29 is 0 Å². The Kier molecular flexibility index (Phi) is 4.81. The first-order valence-electron chi connectivity index (χ1n) is 7.73. The Hall–Kier alpha value is -1.55. The van der Waals surface area contributed by atoms with Crippen LogP contribution in [0, 0.1) is 0 Å². The highest BCUT2D eigenvalue weighted by Crippen LogP contribution is 2.21. The molecule has 0 fully saturated rings. The first-order chi connectivity index (χ1) is 10.3. The van der Waals surface area contributed by atoms with Crippen LogP contribution in [-0.4, -0.2) is 9.13 Å². The van der Waals surface area contributed by atoms with Gasteiger partial charge in [-0.1, -0.05) is 37.4 Å². The zero-order valence-corrected chi connectivity index (χ0v) is 14.4. The lowest BCUT2D eigenvalue weighted by Gasteiger charge is -2.24. The van der Waals surface area contributed by atoms with Gasteiger partial charge in [0.05, 0.1) is 15.9 Å². The summed E-state index contributed by atoms with van der Waals surface area (Å²) in [5, 5.41) is 0.947. The second-order valence-electron chi connectivity index (χ2n) is 6.59. The Morgan fingerprint density at radius 1 is 1.14 bits per heavy atom. The minimum Gasteiger partial charge on any atom is -0.292 e. The van der Waals surface area contributed by atoms with Crippen LogP contribution in [0.25, 0.3) is 10.9 Å². The Morgan fingerprint density at radius 3 is 2.41 bits per heavy atom. The molecule has 0 saturated heterocycles. The van der Waals surface area contributed by atoms with Gasteiger partial charge in [0.15, 0.2) is 0 Å². The number of nitrogens with zero attached hydrogens (tertiary/aromatic N) is 2. The molecule has 120 valence electrons. The molecule has 0 aliphatic carbocycles. The molecular weight excluding hydrogens is 300 g/mol. The number of hydrogen-bond acceptors (Lipinski definition) is 2. The van der Waals surface area contributed by atoms with Crippen LogP contribution in [0.2, 0.25) is 5.02 Å². The minimum absolute atomic E-state index is 0.276. The Balaban J connectivity index is 2.85. The van der Waals surface area contributed by atoms with E-state index in [0.717, 1.165) is 19.3 Å². The molecule has 2 rings (SSSR count). The summed E-state index contributed by atoms with van der Waals surface area (Å²) in [6, 6.07) is 5.21. The number of unbranched alkanes of at least 4 members (excludes halogenated alkanes) is 2. The van der Waals surface area contributed by atoms with Gasteiger partial charge in [-0.15, -0.1) is 0 Å². The predicted octanol–water partition coefficient (Wildman–Crippen LogP) is 3.76. The maximum atomic E-state index is 12.9. The molecule has 1 aromatic heterocycles. The van der Waals surface area contributed by atoms with Gasteiger partial charge in [0, 0.05) is 12.1 Å². The molecule has 0 aliphatic rings. The molecule has 0 radical (unpaired) electrons. The third-order valence-electron chi connectivity index (χ3n) is 3.77. The van der Waals surface area contributed by atoms with Crippen LogP contribution in [0.4, 0.5) is 0 Å². The molecule has 1 heterocycles. The van der Waals surface area contributed by atoms with Crippen LogP contribution in [0.1, 0.15) is 47.0 Å². The number of hydrogen-bond donors (Lipinski definition) is 0. The summed E-state index contributed by atoms with van der Waals surface area (Å²) in [6.07, 6.45) is 2.99. The van der Waals surface area contributed by atoms with Crippen LogP contribution >= 0.6 is 11.6 Å². The molecule has 0 atom stereocenters. The molecule has 1 aromatic carbocycles. The Labute approximate surface area is 135 Å². The van der Waals surface area contributed by atoms with Gasteiger partial charge in [0.1, 0.15) is 0 Å². The largest absolute Gasteiger partial charge is 0.332 e. The molecule has 5 heteroatoms. The lowest BCUT2D eigenvalue weighted by molar-refractivity contribution is 0.357. The second kappa shape index (κ2) is 6.29. The van der Waals surface area contributed by atoms with E-state index >= 15 is 0 Å². The van der Waals surface area contributed by atoms with E-state index in [9.17, 15) is 9.59 Å². The molecule has 22 heavy (non-hydrogen) atoms. The fraction of sp³-hybridized carbons (Fsp3) is 0.529. The van der Waals surface area contributed by atoms with E-state index in [1.165, 1.54) is 4.57 Å². The number of aryl methyl sites for hydroxylation is 1. The third kappa shape index (κ3) is 2.98. The average molecular weight is 323 g/mol. The summed E-state index contributed by atoms with van der Waals surface area (Å²) in [5.74, 6) is 0. The topological polar surface area (TPSA) is 44.0 Å². The van der Waals surface area contributed by atoms with E-state index in [4.69, 9.17) is 11.6 Å². The number of benzene rings is 1. The van der Waals surface area contributed by atoms with E-state index in [2.05, 4.69) is 6.92 Å². The number of fused-ring (bicyclic) bond motifs is 1. The normalized spacial score (nSPS) is 12.0. The van der Waals surface area contributed by atoms with E-state index in [1.807, 2.05) is 20.8 Å². The maximum absolute atomic E-state index is 12.9. The van der Waals surface area contributed by atoms with Gasteiger partial charge in [-0.25, -0.2) is 4.79 Å². The van der Waals surface area contributed by atoms with Gasteiger partial charge in [-0.3, -0.25) is 13.9 Å². The van der Waals surface area contributed by atoms with E-state index in [-0.39, 0.29) is 11.2 Å². The molecule has 2 aromatic rings. The first-order valence-corrected chi connectivity index (χ1v) is 8.11. The van der Waals surface area contributed by atoms with Crippen molar-refractivity contribution in [3.8, 4) is 0 Å². The van der Waals surface area contributed by atoms with Crippen LogP contribution in [-0.2, 0) is 12.1 Å². The van der Waals surface area contributed by atoms with Crippen LogP contribution in [0.3, 0.4) is 0 Å². The van der Waals surface area contributed by atoms with Gasteiger partial charge in [-0.2, -0.15) is 0 Å². The number of aromatic nitrogens is 2. The zero-order chi connectivity index (χ0) is 16.5. The number of rotatable bonds is 4. The number of halogens is 1. The van der Waals surface area contributed by atoms with E-state index in [0.29, 0.717) is 22.5 Å². The second-order valence-corrected chi connectivity index (χ2v) is 7.00. The summed E-state index contributed by atoms with van der Waals surface area (Å²) >= 11 is 6.28. The molecule has 0 saturated carbocycles. The van der Waals surface area contributed by atoms with Crippen molar-refractivity contribution >= 4 is 22.5 Å². The summed E-state index contributed by atoms with van der Waals surface area (Å²) < 4.78 is 2.98. The molecule has 4 nitrogen and oxygen atoms in total. The summed E-state index contributed by atoms with van der Waals surface area (Å²) in [7, 11) is 0. The molecule has 0 N–H and O–H groups in total. The fourth-order valence-corrected chi connectivity index (χ4v) is 2.98. The van der Waals surface area contributed by atoms with Gasteiger partial charge < -0.3 is 0 Å². The van der Waals surface area contributed by atoms with Crippen molar-refractivity contribution in [1.29, 1.82) is 0 Å². The minimum atomic E-state index is -0.572. The highest BCUT2D eigenvalue weighted by molar-refractivity contribution is 6.35. The van der Waals surface area contributed by atoms with E-state index in [1.54, 1.807) is 22.8 Å². The smallest absolute Gasteiger partial charge is 0.292 e. The van der Waals surface area contributed by atoms with Crippen LogP contribution in [0.5, 0.6) is 0 Å². The standard InChI is InChI=1S/C17H23ClN2O2/c1-5-6-7-11-19-14-12(9-8-10-13(14)18)15(21)20(16(19)22)17(2,3)4/h8-10H,5-7,11H2,1-4H3. The maximum Gasteiger partial charge on any atom is 0.332 e. The van der Waals surface area contributed by atoms with Gasteiger partial charge in [-0.05, 0) is 39.3 Å². The van der Waals surface area contributed by atoms with Crippen LogP contribution < -0.4 is 11.2 Å². The lowest BCUT2D eigenvalue weighted by atomic mass is 10.1. The quantitative estimate of drug-likeness (QED) is 0.804. The van der Waals surface area contributed by atoms with Crippen LogP contribution in [0.15, 0.2) is 27.8 Å². The highest BCUT2D eigenvalue weighted by Gasteiger charge is 2.23. The molecule has 0 spiro atoms. The fourth-order valence-electron chi connectivity index (χ4n) is 2.70. The Morgan fingerprint density at radius 2 is 1.82 bits per heavy atom. The molecule has 0 bridgehead atoms. The third-order valence-corrected chi connectivity index (χ3v) is 4.07. The van der Waals surface area contributed by atoms with Crippen molar-refractivity contribution in [2.45, 2.75) is 59.0 Å². The first kappa shape index (κ1) is 16.8. The number of para-hydroxylation sites is 1. The lowest BCUT2D eigenvalue weighted by Crippen LogP contribution is -2.47. The van der Waals surface area contributed by atoms with Crippen molar-refractivity contribution in [2.24, 2.45) is 0 Å². The molecular formula is C17H23ClN2O2. The average Bonchev–Trinajstić information content (AvgIpc) is 2.41. The molecule has 0 unspecified atom stereocenters. The van der Waals surface area contributed by atoms with Gasteiger partial charge in [0.2, 0.25) is 0 Å². The van der Waals surface area contributed by atoms with Gasteiger partial charge >= 0.3 is 5.69 Å². The SMILES string of the molecule is CCCCCn1c(=O)n(C(C)(C)C)c(=O)c2cccc(Cl)c21. The Bertz CT molecular complexity index is 797. The summed E-state index contributed by atoms with van der Waals surface area (Å²) in [6.45, 7) is 8.28. The van der Waals surface area contributed by atoms with Gasteiger partial charge in [0.25, 0.3) is 5.56 Å². The van der Waals surface area contributed by atoms with Crippen molar-refractivity contribution in [1.82, 2.24) is 9.13 Å². The summed E-state index contributed by atoms with van der Waals surface area (Å²) in [5.41, 5.74) is -0.580. The van der Waals surface area contributed by atoms with E-state index < -0.39 is 5.54 Å². The molecule has 0 amide bonds. The monoisotopic (exact) mass is 322 g/mol. The molecule has 0 aliphatic heterocycles. The van der Waals surface area contributed by atoms with Crippen molar-refractivity contribution in [3.63, 3.8) is 0 Å². The van der Waals surface area contributed by atoms with Crippen molar-refractivity contribution in [2.75, 3.05) is 0 Å². The zero-order valence-electron chi connectivity index (χ0n) is 13.6.